The summed E-state index contributed by atoms with van der Waals surface area (Å²) in [6.45, 7) is 0. The van der Waals surface area contributed by atoms with Gasteiger partial charge in [0.1, 0.15) is 0 Å². The maximum Gasteiger partial charge on any atom is 0.291 e. The Labute approximate surface area is 154 Å². The van der Waals surface area contributed by atoms with Crippen molar-refractivity contribution >= 4 is 28.1 Å². The van der Waals surface area contributed by atoms with Gasteiger partial charge < -0.3 is 4.90 Å². The van der Waals surface area contributed by atoms with Gasteiger partial charge in [0.2, 0.25) is 4.96 Å². The average molecular weight is 362 g/mol. The lowest BCUT2D eigenvalue weighted by Gasteiger charge is -2.11. The van der Waals surface area contributed by atoms with Crippen molar-refractivity contribution in [3.63, 3.8) is 0 Å². The van der Waals surface area contributed by atoms with E-state index >= 15 is 0 Å². The Hall–Kier alpha value is -2.99. The van der Waals surface area contributed by atoms with E-state index in [9.17, 15) is 4.79 Å². The largest absolute Gasteiger partial charge is 0.378 e. The molecule has 0 aliphatic heterocycles. The molecule has 0 bridgehead atoms. The fraction of sp³-hybridized carbons (Fsp3) is 0.150. The first-order valence-corrected chi connectivity index (χ1v) is 9.13. The first kappa shape index (κ1) is 16.5. The second-order valence-electron chi connectivity index (χ2n) is 6.29. The van der Waals surface area contributed by atoms with Gasteiger partial charge in [-0.2, -0.15) is 4.52 Å². The summed E-state index contributed by atoms with van der Waals surface area (Å²) < 4.78 is 2.05. The summed E-state index contributed by atoms with van der Waals surface area (Å²) in [5.74, 6) is 0.668. The summed E-state index contributed by atoms with van der Waals surface area (Å²) in [6.07, 6.45) is 2.51. The molecule has 0 aliphatic carbocycles. The zero-order chi connectivity index (χ0) is 18.1. The first-order chi connectivity index (χ1) is 12.6. The molecule has 0 atom stereocenters. The average Bonchev–Trinajstić information content (AvgIpc) is 3.15. The summed E-state index contributed by atoms with van der Waals surface area (Å²) >= 11 is 1.37. The molecule has 2 aromatic carbocycles. The highest BCUT2D eigenvalue weighted by Gasteiger charge is 2.10. The van der Waals surface area contributed by atoms with Gasteiger partial charge in [-0.15, -0.1) is 5.10 Å². The fourth-order valence-corrected chi connectivity index (χ4v) is 3.67. The minimum atomic E-state index is -0.117. The van der Waals surface area contributed by atoms with Crippen LogP contribution in [0.3, 0.4) is 0 Å². The van der Waals surface area contributed by atoms with E-state index in [4.69, 9.17) is 0 Å². The van der Waals surface area contributed by atoms with Crippen LogP contribution in [0.4, 0.5) is 5.69 Å². The summed E-state index contributed by atoms with van der Waals surface area (Å²) in [4.78, 5) is 19.8. The number of hydrogen-bond acceptors (Lipinski definition) is 5. The molecule has 0 aliphatic rings. The van der Waals surface area contributed by atoms with Crippen LogP contribution < -0.4 is 15.0 Å². The van der Waals surface area contributed by atoms with Gasteiger partial charge in [0.25, 0.3) is 5.56 Å². The molecule has 26 heavy (non-hydrogen) atoms. The molecule has 0 spiro atoms. The molecular formula is C20H18N4OS. The van der Waals surface area contributed by atoms with Crippen LogP contribution in [-0.2, 0) is 6.42 Å². The highest BCUT2D eigenvalue weighted by molar-refractivity contribution is 7.15. The standard InChI is InChI=1S/C20H18N4OS/c1-23(2)16-10-8-15(9-11-16)12-17-19(25)24-20(26-17)21-18(22-24)13-14-6-4-3-5-7-14/h3-12H,13H2,1-2H3. The minimum Gasteiger partial charge on any atom is -0.378 e. The number of benzene rings is 2. The normalized spacial score (nSPS) is 12.0. The van der Waals surface area contributed by atoms with Crippen molar-refractivity contribution in [2.75, 3.05) is 19.0 Å². The molecule has 0 radical (unpaired) electrons. The van der Waals surface area contributed by atoms with Gasteiger partial charge in [0, 0.05) is 26.2 Å². The van der Waals surface area contributed by atoms with Gasteiger partial charge in [-0.1, -0.05) is 53.8 Å². The molecule has 0 amide bonds. The maximum absolute atomic E-state index is 12.6. The van der Waals surface area contributed by atoms with Gasteiger partial charge in [0.05, 0.1) is 4.53 Å². The van der Waals surface area contributed by atoms with Crippen molar-refractivity contribution in [1.29, 1.82) is 0 Å². The summed E-state index contributed by atoms with van der Waals surface area (Å²) in [5.41, 5.74) is 3.12. The first-order valence-electron chi connectivity index (χ1n) is 8.31. The van der Waals surface area contributed by atoms with Gasteiger partial charge in [0.15, 0.2) is 5.82 Å². The topological polar surface area (TPSA) is 50.5 Å². The molecule has 0 saturated heterocycles. The van der Waals surface area contributed by atoms with E-state index in [1.807, 2.05) is 79.7 Å². The van der Waals surface area contributed by atoms with Crippen LogP contribution in [0, 0.1) is 0 Å². The van der Waals surface area contributed by atoms with Crippen molar-refractivity contribution in [3.05, 3.63) is 86.4 Å². The predicted molar refractivity (Wildman–Crippen MR) is 106 cm³/mol. The van der Waals surface area contributed by atoms with E-state index in [0.717, 1.165) is 16.8 Å². The van der Waals surface area contributed by atoms with Crippen molar-refractivity contribution < 1.29 is 0 Å². The van der Waals surface area contributed by atoms with E-state index < -0.39 is 0 Å². The van der Waals surface area contributed by atoms with E-state index in [-0.39, 0.29) is 5.56 Å². The quantitative estimate of drug-likeness (QED) is 0.559. The van der Waals surface area contributed by atoms with Crippen LogP contribution >= 0.6 is 11.3 Å². The summed E-state index contributed by atoms with van der Waals surface area (Å²) in [5, 5.41) is 4.38. The van der Waals surface area contributed by atoms with Crippen LogP contribution in [0.15, 0.2) is 59.4 Å². The third-order valence-electron chi connectivity index (χ3n) is 4.14. The molecule has 2 heterocycles. The van der Waals surface area contributed by atoms with E-state index in [0.29, 0.717) is 21.7 Å². The molecule has 0 saturated carbocycles. The molecule has 0 unspecified atom stereocenters. The molecular weight excluding hydrogens is 344 g/mol. The van der Waals surface area contributed by atoms with Gasteiger partial charge in [-0.3, -0.25) is 4.79 Å². The van der Waals surface area contributed by atoms with Crippen LogP contribution in [0.1, 0.15) is 17.0 Å². The Kier molecular flexibility index (Phi) is 4.26. The van der Waals surface area contributed by atoms with Crippen molar-refractivity contribution in [1.82, 2.24) is 14.6 Å². The van der Waals surface area contributed by atoms with E-state index in [2.05, 4.69) is 10.1 Å². The Morgan fingerprint density at radius 3 is 2.46 bits per heavy atom. The predicted octanol–water partition coefficient (Wildman–Crippen LogP) is 2.36. The molecule has 6 heteroatoms. The second kappa shape index (κ2) is 6.72. The Morgan fingerprint density at radius 2 is 1.81 bits per heavy atom. The highest BCUT2D eigenvalue weighted by atomic mass is 32.1. The number of rotatable bonds is 4. The number of thiazole rings is 1. The summed E-state index contributed by atoms with van der Waals surface area (Å²) in [7, 11) is 4.00. The fourth-order valence-electron chi connectivity index (χ4n) is 2.75. The van der Waals surface area contributed by atoms with Crippen LogP contribution in [0.2, 0.25) is 0 Å². The number of aromatic nitrogens is 3. The summed E-state index contributed by atoms with van der Waals surface area (Å²) in [6, 6.07) is 18.1. The lowest BCUT2D eigenvalue weighted by atomic mass is 10.1. The molecule has 5 nitrogen and oxygen atoms in total. The van der Waals surface area contributed by atoms with Crippen LogP contribution in [-0.4, -0.2) is 28.7 Å². The molecule has 0 fully saturated rings. The van der Waals surface area contributed by atoms with Gasteiger partial charge in [-0.05, 0) is 29.3 Å². The van der Waals surface area contributed by atoms with E-state index in [1.165, 1.54) is 15.9 Å². The molecule has 4 rings (SSSR count). The molecule has 2 aromatic heterocycles. The lowest BCUT2D eigenvalue weighted by Crippen LogP contribution is -2.23. The third-order valence-corrected chi connectivity index (χ3v) is 5.10. The molecule has 130 valence electrons. The minimum absolute atomic E-state index is 0.117. The lowest BCUT2D eigenvalue weighted by molar-refractivity contribution is 0.879. The smallest absolute Gasteiger partial charge is 0.291 e. The van der Waals surface area contributed by atoms with Crippen molar-refractivity contribution in [3.8, 4) is 0 Å². The van der Waals surface area contributed by atoms with E-state index in [1.54, 1.807) is 0 Å². The monoisotopic (exact) mass is 362 g/mol. The third kappa shape index (κ3) is 3.23. The number of hydrogen-bond donors (Lipinski definition) is 0. The van der Waals surface area contributed by atoms with Gasteiger partial charge >= 0.3 is 0 Å². The Morgan fingerprint density at radius 1 is 1.08 bits per heavy atom. The van der Waals surface area contributed by atoms with Gasteiger partial charge in [-0.25, -0.2) is 4.98 Å². The second-order valence-corrected chi connectivity index (χ2v) is 7.30. The number of anilines is 1. The van der Waals surface area contributed by atoms with Crippen LogP contribution in [0.5, 0.6) is 0 Å². The number of nitrogens with zero attached hydrogens (tertiary/aromatic N) is 4. The van der Waals surface area contributed by atoms with Crippen molar-refractivity contribution in [2.45, 2.75) is 6.42 Å². The number of fused-ring (bicyclic) bond motifs is 1. The van der Waals surface area contributed by atoms with Crippen molar-refractivity contribution in [2.24, 2.45) is 0 Å². The Balaban J connectivity index is 1.66. The highest BCUT2D eigenvalue weighted by Crippen LogP contribution is 2.13. The molecule has 0 N–H and O–H groups in total. The van der Waals surface area contributed by atoms with Crippen LogP contribution in [0.25, 0.3) is 11.0 Å². The Bertz CT molecular complexity index is 1140. The zero-order valence-corrected chi connectivity index (χ0v) is 15.4. The maximum atomic E-state index is 12.6. The zero-order valence-electron chi connectivity index (χ0n) is 14.6. The SMILES string of the molecule is CN(C)c1ccc(C=c2sc3nc(Cc4ccccc4)nn3c2=O)cc1. The molecule has 4 aromatic rings.